The van der Waals surface area contributed by atoms with E-state index in [1.54, 1.807) is 0 Å². The van der Waals surface area contributed by atoms with Gasteiger partial charge in [0.15, 0.2) is 0 Å². The van der Waals surface area contributed by atoms with Crippen LogP contribution in [0.3, 0.4) is 0 Å². The first-order valence-electron chi connectivity index (χ1n) is 18.0. The Morgan fingerprint density at radius 2 is 0.887 bits per heavy atom. The summed E-state index contributed by atoms with van der Waals surface area (Å²) in [6.07, 6.45) is 0. The lowest BCUT2D eigenvalue weighted by molar-refractivity contribution is 1.20. The second kappa shape index (κ2) is 10.8. The van der Waals surface area contributed by atoms with Crippen molar-refractivity contribution in [1.82, 2.24) is 9.13 Å². The number of aromatic nitrogens is 2. The Morgan fingerprint density at radius 1 is 0.358 bits per heavy atom. The first kappa shape index (κ1) is 28.8. The van der Waals surface area contributed by atoms with Gasteiger partial charge < -0.3 is 9.13 Å². The van der Waals surface area contributed by atoms with Crippen molar-refractivity contribution in [2.75, 3.05) is 0 Å². The quantitative estimate of drug-likeness (QED) is 0.175. The molecule has 244 valence electrons. The molecule has 0 saturated carbocycles. The van der Waals surface area contributed by atoms with Crippen molar-refractivity contribution < 1.29 is 0 Å². The molecule has 0 saturated heterocycles. The van der Waals surface area contributed by atoms with Crippen LogP contribution >= 0.6 is 11.3 Å². The van der Waals surface area contributed by atoms with Crippen LogP contribution in [0.15, 0.2) is 170 Å². The van der Waals surface area contributed by atoms with E-state index in [0.29, 0.717) is 0 Å². The number of para-hydroxylation sites is 2. The third-order valence-electron chi connectivity index (χ3n) is 11.1. The molecule has 0 aliphatic carbocycles. The van der Waals surface area contributed by atoms with Gasteiger partial charge in [0.05, 0.1) is 38.8 Å². The number of thiophene rings is 1. The molecule has 0 bridgehead atoms. The van der Waals surface area contributed by atoms with Crippen molar-refractivity contribution in [2.45, 2.75) is 0 Å². The standard InChI is InChI=1S/C50H28N2S/c1-2-12-34-31(11-1)23-26-38-35(34)16-9-19-44(38)51-42-17-6-3-13-36(42)40-29-32(24-27-45(40)51)33-25-28-46-41(30-33)37-14-4-7-18-43(37)52(46)47-20-10-22-49-50(47)39-15-5-8-21-48(39)53-49/h1-22,24-25,27-30H. The zero-order valence-corrected chi connectivity index (χ0v) is 29.3. The minimum absolute atomic E-state index is 1.07. The molecule has 0 atom stereocenters. The number of nitrogens with zero attached hydrogens (tertiary/aromatic N) is 2. The van der Waals surface area contributed by atoms with Crippen molar-refractivity contribution in [1.29, 1.82) is 0 Å². The molecule has 9 aromatic carbocycles. The molecule has 3 heteroatoms. The topological polar surface area (TPSA) is 9.86 Å². The minimum atomic E-state index is 1.07. The van der Waals surface area contributed by atoms with Crippen LogP contribution in [0.1, 0.15) is 0 Å². The van der Waals surface area contributed by atoms with E-state index in [1.807, 2.05) is 11.3 Å². The fourth-order valence-corrected chi connectivity index (χ4v) is 9.93. The molecule has 3 aromatic heterocycles. The number of rotatable bonds is 3. The van der Waals surface area contributed by atoms with Crippen molar-refractivity contribution in [3.8, 4) is 22.5 Å². The van der Waals surface area contributed by atoms with E-state index in [9.17, 15) is 0 Å². The average molecular weight is 689 g/mol. The summed E-state index contributed by atoms with van der Waals surface area (Å²) in [6, 6.07) is 69.1. The van der Waals surface area contributed by atoms with Gasteiger partial charge in [-0.1, -0.05) is 115 Å². The normalized spacial score (nSPS) is 12.0. The molecule has 53 heavy (non-hydrogen) atoms. The summed E-state index contributed by atoms with van der Waals surface area (Å²) in [5, 5.41) is 12.2. The van der Waals surface area contributed by atoms with Gasteiger partial charge in [0.2, 0.25) is 0 Å². The van der Waals surface area contributed by atoms with Crippen LogP contribution in [0.2, 0.25) is 0 Å². The molecule has 12 rings (SSSR count). The smallest absolute Gasteiger partial charge is 0.0625 e. The van der Waals surface area contributed by atoms with Gasteiger partial charge in [0.25, 0.3) is 0 Å². The number of hydrogen-bond donors (Lipinski definition) is 0. The molecular formula is C50H28N2S. The first-order valence-corrected chi connectivity index (χ1v) is 18.8. The minimum Gasteiger partial charge on any atom is -0.309 e. The van der Waals surface area contributed by atoms with Gasteiger partial charge in [0, 0.05) is 52.5 Å². The lowest BCUT2D eigenvalue weighted by atomic mass is 10.0. The Balaban J connectivity index is 1.07. The SMILES string of the molecule is c1c2ccccc2c2cccc(-n3c4ccccc4c4cc(-c5ccc6c(c5)c5ccccc5n6-c5cccc6sc7ccccc7c56)ccc43)c2c#1. The Labute approximate surface area is 309 Å². The van der Waals surface area contributed by atoms with Gasteiger partial charge >= 0.3 is 0 Å². The van der Waals surface area contributed by atoms with Gasteiger partial charge in [-0.3, -0.25) is 0 Å². The highest BCUT2D eigenvalue weighted by Crippen LogP contribution is 2.42. The highest BCUT2D eigenvalue weighted by Gasteiger charge is 2.19. The van der Waals surface area contributed by atoms with Gasteiger partial charge in [-0.15, -0.1) is 11.3 Å². The molecule has 0 N–H and O–H groups in total. The van der Waals surface area contributed by atoms with Crippen LogP contribution in [0.5, 0.6) is 0 Å². The molecule has 0 spiro atoms. The van der Waals surface area contributed by atoms with Gasteiger partial charge in [-0.05, 0) is 83.2 Å². The predicted molar refractivity (Wildman–Crippen MR) is 226 cm³/mol. The second-order valence-corrected chi connectivity index (χ2v) is 15.0. The number of benzene rings is 8. The monoisotopic (exact) mass is 688 g/mol. The highest BCUT2D eigenvalue weighted by atomic mass is 32.1. The van der Waals surface area contributed by atoms with E-state index < -0.39 is 0 Å². The van der Waals surface area contributed by atoms with Crippen molar-refractivity contribution in [3.63, 3.8) is 0 Å². The largest absolute Gasteiger partial charge is 0.309 e. The molecule has 12 aromatic rings. The van der Waals surface area contributed by atoms with Crippen molar-refractivity contribution >= 4 is 96.7 Å². The van der Waals surface area contributed by atoms with Crippen molar-refractivity contribution in [2.24, 2.45) is 0 Å². The Kier molecular flexibility index (Phi) is 5.88. The number of hydrogen-bond acceptors (Lipinski definition) is 1. The zero-order valence-electron chi connectivity index (χ0n) is 28.5. The van der Waals surface area contributed by atoms with Crippen molar-refractivity contribution in [3.05, 3.63) is 182 Å². The van der Waals surface area contributed by atoms with Gasteiger partial charge in [-0.2, -0.15) is 0 Å². The summed E-state index contributed by atoms with van der Waals surface area (Å²) in [4.78, 5) is 0. The molecule has 0 radical (unpaired) electrons. The summed E-state index contributed by atoms with van der Waals surface area (Å²) in [5.74, 6) is 0. The van der Waals surface area contributed by atoms with Gasteiger partial charge in [0.1, 0.15) is 0 Å². The Bertz CT molecular complexity index is 3470. The molecule has 2 nitrogen and oxygen atoms in total. The lowest BCUT2D eigenvalue weighted by Crippen LogP contribution is -1.95. The molecule has 3 heterocycles. The average Bonchev–Trinajstić information content (AvgIpc) is 3.88. The first-order chi connectivity index (χ1) is 26.3. The maximum absolute atomic E-state index is 3.53. The number of fused-ring (bicyclic) bond motifs is 12. The van der Waals surface area contributed by atoms with Gasteiger partial charge in [-0.25, -0.2) is 0 Å². The van der Waals surface area contributed by atoms with Crippen LogP contribution in [0.25, 0.3) is 108 Å². The van der Waals surface area contributed by atoms with Crippen LogP contribution in [0.4, 0.5) is 0 Å². The lowest BCUT2D eigenvalue weighted by Gasteiger charge is -2.12. The van der Waals surface area contributed by atoms with E-state index in [1.165, 1.54) is 91.4 Å². The predicted octanol–water partition coefficient (Wildman–Crippen LogP) is 13.8. The summed E-state index contributed by atoms with van der Waals surface area (Å²) in [5.41, 5.74) is 9.55. The van der Waals surface area contributed by atoms with E-state index in [4.69, 9.17) is 0 Å². The third-order valence-corrected chi connectivity index (χ3v) is 12.3. The van der Waals surface area contributed by atoms with Crippen LogP contribution in [0, 0.1) is 12.1 Å². The molecule has 0 amide bonds. The maximum Gasteiger partial charge on any atom is 0.0625 e. The molecular weight excluding hydrogens is 661 g/mol. The Morgan fingerprint density at radius 3 is 1.62 bits per heavy atom. The fraction of sp³-hybridized carbons (Fsp3) is 0. The van der Waals surface area contributed by atoms with Crippen LogP contribution in [-0.4, -0.2) is 9.13 Å². The third kappa shape index (κ3) is 4.04. The maximum atomic E-state index is 3.53. The second-order valence-electron chi connectivity index (χ2n) is 13.9. The molecule has 0 unspecified atom stereocenters. The zero-order chi connectivity index (χ0) is 34.6. The summed E-state index contributed by atoms with van der Waals surface area (Å²) in [7, 11) is 0. The molecule has 0 fully saturated rings. The highest BCUT2D eigenvalue weighted by molar-refractivity contribution is 7.25. The summed E-state index contributed by atoms with van der Waals surface area (Å²) in [6.45, 7) is 0. The van der Waals surface area contributed by atoms with E-state index in [2.05, 4.69) is 191 Å². The van der Waals surface area contributed by atoms with E-state index in [0.717, 1.165) is 16.5 Å². The Hall–Kier alpha value is -6.86. The van der Waals surface area contributed by atoms with Crippen LogP contribution in [-0.2, 0) is 0 Å². The molecule has 0 aliphatic rings. The summed E-state index contributed by atoms with van der Waals surface area (Å²) >= 11 is 1.87. The van der Waals surface area contributed by atoms with Crippen LogP contribution < -0.4 is 0 Å². The molecule has 0 aliphatic heterocycles. The van der Waals surface area contributed by atoms with E-state index in [-0.39, 0.29) is 0 Å². The summed E-state index contributed by atoms with van der Waals surface area (Å²) < 4.78 is 7.50. The fourth-order valence-electron chi connectivity index (χ4n) is 8.81. The van der Waals surface area contributed by atoms with E-state index >= 15 is 0 Å².